The number of carbonyl (C=O) groups excluding carboxylic acids is 2. The van der Waals surface area contributed by atoms with Crippen molar-refractivity contribution in [3.63, 3.8) is 0 Å². The summed E-state index contributed by atoms with van der Waals surface area (Å²) >= 11 is 0. The molecule has 4 aliphatic rings. The summed E-state index contributed by atoms with van der Waals surface area (Å²) in [4.78, 5) is 25.3. The lowest BCUT2D eigenvalue weighted by atomic mass is 10.1. The molecular formula is C28H30N2O6. The summed E-state index contributed by atoms with van der Waals surface area (Å²) in [6.45, 7) is 3.45. The fourth-order valence-corrected chi connectivity index (χ4v) is 3.54. The maximum absolute atomic E-state index is 12.7. The van der Waals surface area contributed by atoms with Crippen LogP contribution in [0.25, 0.3) is 0 Å². The second-order valence-electron chi connectivity index (χ2n) is 8.16. The fraction of sp³-hybridized carbons (Fsp3) is 0.286. The van der Waals surface area contributed by atoms with Gasteiger partial charge in [-0.15, -0.1) is 0 Å². The Balaban J connectivity index is 1.40. The molecule has 8 nitrogen and oxygen atoms in total. The first-order chi connectivity index (χ1) is 17.7. The topological polar surface area (TPSA) is 95.1 Å². The highest BCUT2D eigenvalue weighted by Gasteiger charge is 2.11. The Hall–Kier alpha value is -3.88. The molecule has 2 N–H and O–H groups in total. The minimum Gasteiger partial charge on any atom is -0.491 e. The molecule has 3 aromatic carbocycles. The summed E-state index contributed by atoms with van der Waals surface area (Å²) in [6.07, 6.45) is 0. The number of nitrogens with one attached hydrogen (secondary N) is 2. The number of hydrogen-bond donors (Lipinski definition) is 2. The highest BCUT2D eigenvalue weighted by molar-refractivity contribution is 5.99. The Labute approximate surface area is 210 Å². The Morgan fingerprint density at radius 1 is 0.528 bits per heavy atom. The van der Waals surface area contributed by atoms with Crippen molar-refractivity contribution >= 4 is 11.8 Å². The summed E-state index contributed by atoms with van der Waals surface area (Å²) in [7, 11) is 0. The van der Waals surface area contributed by atoms with Crippen LogP contribution in [0.3, 0.4) is 0 Å². The Morgan fingerprint density at radius 2 is 0.944 bits per heavy atom. The van der Waals surface area contributed by atoms with E-state index in [2.05, 4.69) is 10.6 Å². The van der Waals surface area contributed by atoms with E-state index >= 15 is 0 Å². The number of amides is 2. The molecule has 0 spiro atoms. The first kappa shape index (κ1) is 25.2. The summed E-state index contributed by atoms with van der Waals surface area (Å²) in [5.74, 6) is 0.954. The highest BCUT2D eigenvalue weighted by Crippen LogP contribution is 2.14. The monoisotopic (exact) mass is 490 g/mol. The van der Waals surface area contributed by atoms with E-state index in [4.69, 9.17) is 18.9 Å². The molecule has 3 aromatic rings. The Bertz CT molecular complexity index is 1040. The molecule has 4 aliphatic heterocycles. The molecule has 36 heavy (non-hydrogen) atoms. The number of carbonyl (C=O) groups is 2. The molecule has 0 atom stereocenters. The van der Waals surface area contributed by atoms with Gasteiger partial charge in [0.05, 0.1) is 26.4 Å². The normalized spacial score (nSPS) is 16.2. The van der Waals surface area contributed by atoms with Gasteiger partial charge in [-0.1, -0.05) is 30.3 Å². The third-order valence-corrected chi connectivity index (χ3v) is 5.50. The molecular weight excluding hydrogens is 460 g/mol. The van der Waals surface area contributed by atoms with Gasteiger partial charge in [0.15, 0.2) is 0 Å². The third-order valence-electron chi connectivity index (χ3n) is 5.50. The average Bonchev–Trinajstić information content (AvgIpc) is 2.92. The van der Waals surface area contributed by atoms with Gasteiger partial charge in [-0.05, 0) is 53.6 Å². The molecule has 8 heteroatoms. The number of hydrogen-bond acceptors (Lipinski definition) is 6. The van der Waals surface area contributed by atoms with Crippen LogP contribution in [0, 0.1) is 0 Å². The summed E-state index contributed by atoms with van der Waals surface area (Å²) in [5.41, 5.74) is 2.71. The van der Waals surface area contributed by atoms with Gasteiger partial charge in [-0.25, -0.2) is 0 Å². The van der Waals surface area contributed by atoms with E-state index in [1.54, 1.807) is 24.3 Å². The zero-order chi connectivity index (χ0) is 25.0. The van der Waals surface area contributed by atoms with Gasteiger partial charge in [0.1, 0.15) is 24.7 Å². The lowest BCUT2D eigenvalue weighted by molar-refractivity contribution is 0.0273. The average molecular weight is 491 g/mol. The van der Waals surface area contributed by atoms with Gasteiger partial charge in [0.2, 0.25) is 0 Å². The van der Waals surface area contributed by atoms with Crippen molar-refractivity contribution < 1.29 is 28.5 Å². The maximum Gasteiger partial charge on any atom is 0.251 e. The lowest BCUT2D eigenvalue weighted by Gasteiger charge is -2.10. The predicted octanol–water partition coefficient (Wildman–Crippen LogP) is 3.35. The van der Waals surface area contributed by atoms with Gasteiger partial charge in [0.25, 0.3) is 11.8 Å². The molecule has 188 valence electrons. The van der Waals surface area contributed by atoms with Crippen molar-refractivity contribution in [2.45, 2.75) is 13.1 Å². The van der Waals surface area contributed by atoms with E-state index in [9.17, 15) is 9.59 Å². The molecule has 2 amide bonds. The van der Waals surface area contributed by atoms with Crippen LogP contribution >= 0.6 is 0 Å². The molecule has 0 fully saturated rings. The van der Waals surface area contributed by atoms with E-state index < -0.39 is 0 Å². The quantitative estimate of drug-likeness (QED) is 0.502. The van der Waals surface area contributed by atoms with Gasteiger partial charge in [0, 0.05) is 24.2 Å². The first-order valence-corrected chi connectivity index (χ1v) is 11.9. The van der Waals surface area contributed by atoms with Gasteiger partial charge >= 0.3 is 0 Å². The third kappa shape index (κ3) is 7.83. The van der Waals surface area contributed by atoms with Crippen molar-refractivity contribution in [3.8, 4) is 11.5 Å². The van der Waals surface area contributed by atoms with Crippen molar-refractivity contribution in [3.05, 3.63) is 95.1 Å². The second-order valence-corrected chi connectivity index (χ2v) is 8.16. The minimum absolute atomic E-state index is 0.251. The maximum atomic E-state index is 12.7. The highest BCUT2D eigenvalue weighted by atomic mass is 16.6. The van der Waals surface area contributed by atoms with Crippen LogP contribution in [0.1, 0.15) is 31.8 Å². The molecule has 0 saturated heterocycles. The van der Waals surface area contributed by atoms with E-state index in [-0.39, 0.29) is 11.8 Å². The van der Waals surface area contributed by atoms with Gasteiger partial charge in [-0.3, -0.25) is 9.59 Å². The van der Waals surface area contributed by atoms with Crippen molar-refractivity contribution in [1.82, 2.24) is 10.6 Å². The smallest absolute Gasteiger partial charge is 0.251 e. The molecule has 7 rings (SSSR count). The zero-order valence-electron chi connectivity index (χ0n) is 20.0. The minimum atomic E-state index is -0.251. The van der Waals surface area contributed by atoms with Crippen molar-refractivity contribution in [2.75, 3.05) is 39.6 Å². The lowest BCUT2D eigenvalue weighted by Crippen LogP contribution is -2.25. The zero-order valence-corrected chi connectivity index (χ0v) is 20.0. The molecule has 0 unspecified atom stereocenters. The van der Waals surface area contributed by atoms with Gasteiger partial charge in [-0.2, -0.15) is 0 Å². The standard InChI is InChI=1S/C28H30N2O6/c31-27-23-2-1-3-24(18-23)28(32)30-20-22-6-10-26(11-7-22)36-17-15-34-13-12-33-14-16-35-25-8-4-21(5-9-25)19-29-27/h1-11,18H,12-17,19-20H2,(H,29,31)(H,30,32). The number of rotatable bonds is 0. The fourth-order valence-electron chi connectivity index (χ4n) is 3.54. The molecule has 0 aromatic heterocycles. The molecule has 0 saturated carbocycles. The van der Waals surface area contributed by atoms with Crippen LogP contribution < -0.4 is 20.1 Å². The van der Waals surface area contributed by atoms with Crippen LogP contribution in [0.5, 0.6) is 11.5 Å². The van der Waals surface area contributed by atoms with E-state index in [1.165, 1.54) is 0 Å². The van der Waals surface area contributed by atoms with Crippen LogP contribution in [0.15, 0.2) is 72.8 Å². The van der Waals surface area contributed by atoms with Crippen LogP contribution in [-0.4, -0.2) is 51.5 Å². The van der Waals surface area contributed by atoms with Crippen LogP contribution in [0.2, 0.25) is 0 Å². The Morgan fingerprint density at radius 3 is 1.39 bits per heavy atom. The summed E-state index contributed by atoms with van der Waals surface area (Å²) in [6, 6.07) is 21.7. The van der Waals surface area contributed by atoms with Crippen molar-refractivity contribution in [2.24, 2.45) is 0 Å². The summed E-state index contributed by atoms with van der Waals surface area (Å²) < 4.78 is 22.4. The molecule has 4 heterocycles. The number of benzene rings is 3. The van der Waals surface area contributed by atoms with E-state index in [1.807, 2.05) is 48.5 Å². The van der Waals surface area contributed by atoms with Crippen LogP contribution in [0.4, 0.5) is 0 Å². The second kappa shape index (κ2) is 13.3. The predicted molar refractivity (Wildman–Crippen MR) is 134 cm³/mol. The number of ether oxygens (including phenoxy) is 4. The van der Waals surface area contributed by atoms with E-state index in [0.717, 1.165) is 22.6 Å². The molecule has 6 bridgehead atoms. The van der Waals surface area contributed by atoms with Crippen LogP contribution in [-0.2, 0) is 22.6 Å². The summed E-state index contributed by atoms with van der Waals surface area (Å²) in [5, 5.41) is 5.78. The Kier molecular flexibility index (Phi) is 9.30. The largest absolute Gasteiger partial charge is 0.491 e. The molecule has 0 radical (unpaired) electrons. The molecule has 0 aliphatic carbocycles. The SMILES string of the molecule is O=C1NCc2ccc(cc2)OCCOCCOCCOc2ccc(cc2)CNC(=O)c2cccc1c2. The first-order valence-electron chi connectivity index (χ1n) is 11.9. The van der Waals surface area contributed by atoms with Gasteiger partial charge < -0.3 is 29.6 Å². The van der Waals surface area contributed by atoms with E-state index in [0.29, 0.717) is 63.9 Å². The van der Waals surface area contributed by atoms with Crippen molar-refractivity contribution in [1.29, 1.82) is 0 Å².